The maximum atomic E-state index is 13.0. The SMILES string of the molecule is Cc1nn(C)c2nc(C3CC3)cc(C(=O)Nc3ccc(C(=O)O)c(Cl)c3)c12. The van der Waals surface area contributed by atoms with Crippen molar-refractivity contribution in [2.24, 2.45) is 7.05 Å². The predicted octanol–water partition coefficient (Wildman–Crippen LogP) is 3.76. The molecule has 0 unspecified atom stereocenters. The van der Waals surface area contributed by atoms with E-state index in [1.165, 1.54) is 18.2 Å². The molecule has 0 saturated heterocycles. The van der Waals surface area contributed by atoms with Gasteiger partial charge in [-0.3, -0.25) is 9.48 Å². The topological polar surface area (TPSA) is 97.1 Å². The number of fused-ring (bicyclic) bond motifs is 1. The van der Waals surface area contributed by atoms with Gasteiger partial charge in [-0.05, 0) is 44.0 Å². The predicted molar refractivity (Wildman–Crippen MR) is 102 cm³/mol. The average molecular weight is 385 g/mol. The van der Waals surface area contributed by atoms with E-state index < -0.39 is 5.97 Å². The van der Waals surface area contributed by atoms with Crippen LogP contribution >= 0.6 is 11.6 Å². The summed E-state index contributed by atoms with van der Waals surface area (Å²) in [7, 11) is 1.81. The Bertz CT molecular complexity index is 1100. The molecule has 0 aliphatic heterocycles. The molecular weight excluding hydrogens is 368 g/mol. The molecular formula is C19H17ClN4O3. The molecule has 1 fully saturated rings. The molecule has 8 heteroatoms. The maximum Gasteiger partial charge on any atom is 0.337 e. The van der Waals surface area contributed by atoms with Gasteiger partial charge in [0.15, 0.2) is 5.65 Å². The number of carbonyl (C=O) groups excluding carboxylic acids is 1. The highest BCUT2D eigenvalue weighted by Gasteiger charge is 2.28. The Morgan fingerprint density at radius 2 is 2.00 bits per heavy atom. The van der Waals surface area contributed by atoms with Gasteiger partial charge in [0.1, 0.15) is 0 Å². The second-order valence-corrected chi connectivity index (χ2v) is 7.14. The van der Waals surface area contributed by atoms with E-state index in [4.69, 9.17) is 16.7 Å². The molecule has 3 aromatic rings. The van der Waals surface area contributed by atoms with Crippen molar-refractivity contribution in [3.05, 3.63) is 51.8 Å². The first-order valence-corrected chi connectivity index (χ1v) is 8.91. The maximum absolute atomic E-state index is 13.0. The lowest BCUT2D eigenvalue weighted by Crippen LogP contribution is -2.14. The van der Waals surface area contributed by atoms with Crippen molar-refractivity contribution in [2.75, 3.05) is 5.32 Å². The molecule has 4 rings (SSSR count). The summed E-state index contributed by atoms with van der Waals surface area (Å²) < 4.78 is 1.69. The summed E-state index contributed by atoms with van der Waals surface area (Å²) >= 11 is 6.00. The van der Waals surface area contributed by atoms with Crippen molar-refractivity contribution >= 4 is 40.2 Å². The summed E-state index contributed by atoms with van der Waals surface area (Å²) in [6.45, 7) is 1.84. The van der Waals surface area contributed by atoms with Gasteiger partial charge in [0.25, 0.3) is 5.91 Å². The van der Waals surface area contributed by atoms with Crippen LogP contribution in [-0.2, 0) is 7.05 Å². The smallest absolute Gasteiger partial charge is 0.337 e. The van der Waals surface area contributed by atoms with Crippen LogP contribution in [-0.4, -0.2) is 31.7 Å². The number of pyridine rings is 1. The zero-order chi connectivity index (χ0) is 19.3. The molecule has 0 atom stereocenters. The minimum atomic E-state index is -1.12. The van der Waals surface area contributed by atoms with Gasteiger partial charge in [-0.25, -0.2) is 9.78 Å². The molecule has 0 radical (unpaired) electrons. The first-order chi connectivity index (χ1) is 12.8. The molecule has 2 aromatic heterocycles. The van der Waals surface area contributed by atoms with Gasteiger partial charge in [-0.15, -0.1) is 0 Å². The van der Waals surface area contributed by atoms with Gasteiger partial charge < -0.3 is 10.4 Å². The molecule has 0 bridgehead atoms. The summed E-state index contributed by atoms with van der Waals surface area (Å²) in [6, 6.07) is 6.15. The van der Waals surface area contributed by atoms with Crippen molar-refractivity contribution in [1.29, 1.82) is 0 Å². The molecule has 2 N–H and O–H groups in total. The van der Waals surface area contributed by atoms with Crippen LogP contribution in [0.25, 0.3) is 11.0 Å². The second kappa shape index (κ2) is 6.35. The first kappa shape index (κ1) is 17.5. The molecule has 0 spiro atoms. The molecule has 1 aliphatic rings. The molecule has 1 amide bonds. The summed E-state index contributed by atoms with van der Waals surface area (Å²) in [5, 5.41) is 17.0. The highest BCUT2D eigenvalue weighted by atomic mass is 35.5. The Balaban J connectivity index is 1.74. The van der Waals surface area contributed by atoms with Crippen LogP contribution in [0.5, 0.6) is 0 Å². The van der Waals surface area contributed by atoms with Gasteiger partial charge in [-0.2, -0.15) is 5.10 Å². The lowest BCUT2D eigenvalue weighted by Gasteiger charge is -2.10. The number of carboxylic acids is 1. The van der Waals surface area contributed by atoms with E-state index >= 15 is 0 Å². The van der Waals surface area contributed by atoms with E-state index in [1.807, 2.05) is 20.0 Å². The minimum Gasteiger partial charge on any atom is -0.478 e. The average Bonchev–Trinajstić information content (AvgIpc) is 3.41. The second-order valence-electron chi connectivity index (χ2n) is 6.73. The molecule has 1 saturated carbocycles. The number of rotatable bonds is 4. The lowest BCUT2D eigenvalue weighted by molar-refractivity contribution is 0.0697. The van der Waals surface area contributed by atoms with Crippen molar-refractivity contribution in [3.8, 4) is 0 Å². The third-order valence-corrected chi connectivity index (χ3v) is 5.00. The summed E-state index contributed by atoms with van der Waals surface area (Å²) in [4.78, 5) is 28.7. The van der Waals surface area contributed by atoms with Crippen LogP contribution in [0.3, 0.4) is 0 Å². The molecule has 2 heterocycles. The van der Waals surface area contributed by atoms with Crippen molar-refractivity contribution in [1.82, 2.24) is 14.8 Å². The van der Waals surface area contributed by atoms with Gasteiger partial charge in [-0.1, -0.05) is 11.6 Å². The molecule has 138 valence electrons. The number of hydrogen-bond donors (Lipinski definition) is 2. The summed E-state index contributed by atoms with van der Waals surface area (Å²) in [5.41, 5.74) is 3.23. The van der Waals surface area contributed by atoms with Crippen LogP contribution in [0.1, 0.15) is 50.9 Å². The number of nitrogens with zero attached hydrogens (tertiary/aromatic N) is 3. The fraction of sp³-hybridized carbons (Fsp3) is 0.263. The van der Waals surface area contributed by atoms with E-state index in [-0.39, 0.29) is 16.5 Å². The van der Waals surface area contributed by atoms with Crippen LogP contribution < -0.4 is 5.32 Å². The Hall–Kier alpha value is -2.93. The van der Waals surface area contributed by atoms with Gasteiger partial charge in [0, 0.05) is 24.3 Å². The standard InChI is InChI=1S/C19H17ClN4O3/c1-9-16-13(8-15(10-3-4-10)22-17(16)24(2)23-9)18(25)21-11-5-6-12(19(26)27)14(20)7-11/h5-8,10H,3-4H2,1-2H3,(H,21,25)(H,26,27). The number of aromatic nitrogens is 3. The number of hydrogen-bond acceptors (Lipinski definition) is 4. The van der Waals surface area contributed by atoms with E-state index in [2.05, 4.69) is 15.4 Å². The normalized spacial score (nSPS) is 13.7. The number of carbonyl (C=O) groups is 2. The summed E-state index contributed by atoms with van der Waals surface area (Å²) in [5.74, 6) is -1.03. The third-order valence-electron chi connectivity index (χ3n) is 4.69. The zero-order valence-electron chi connectivity index (χ0n) is 14.8. The van der Waals surface area contributed by atoms with Crippen molar-refractivity contribution in [2.45, 2.75) is 25.7 Å². The van der Waals surface area contributed by atoms with Gasteiger partial charge in [0.2, 0.25) is 0 Å². The fourth-order valence-electron chi connectivity index (χ4n) is 3.20. The number of halogens is 1. The third kappa shape index (κ3) is 3.14. The number of carboxylic acid groups (broad SMARTS) is 1. The van der Waals surface area contributed by atoms with Crippen molar-refractivity contribution in [3.63, 3.8) is 0 Å². The van der Waals surface area contributed by atoms with Crippen LogP contribution in [0.4, 0.5) is 5.69 Å². The number of amides is 1. The number of anilines is 1. The molecule has 27 heavy (non-hydrogen) atoms. The van der Waals surface area contributed by atoms with Crippen molar-refractivity contribution < 1.29 is 14.7 Å². The van der Waals surface area contributed by atoms with Crippen LogP contribution in [0.15, 0.2) is 24.3 Å². The van der Waals surface area contributed by atoms with Crippen LogP contribution in [0.2, 0.25) is 5.02 Å². The Labute approximate surface area is 160 Å². The van der Waals surface area contributed by atoms with E-state index in [9.17, 15) is 9.59 Å². The Morgan fingerprint density at radius 3 is 2.63 bits per heavy atom. The summed E-state index contributed by atoms with van der Waals surface area (Å²) in [6.07, 6.45) is 2.14. The molecule has 1 aliphatic carbocycles. The quantitative estimate of drug-likeness (QED) is 0.713. The zero-order valence-corrected chi connectivity index (χ0v) is 15.5. The van der Waals surface area contributed by atoms with E-state index in [1.54, 1.807) is 4.68 Å². The lowest BCUT2D eigenvalue weighted by atomic mass is 10.1. The molecule has 1 aromatic carbocycles. The van der Waals surface area contributed by atoms with Gasteiger partial charge >= 0.3 is 5.97 Å². The highest BCUT2D eigenvalue weighted by molar-refractivity contribution is 6.34. The Kier molecular flexibility index (Phi) is 4.11. The molecule has 7 nitrogen and oxygen atoms in total. The van der Waals surface area contributed by atoms with Crippen LogP contribution in [0, 0.1) is 6.92 Å². The van der Waals surface area contributed by atoms with Gasteiger partial charge in [0.05, 0.1) is 27.2 Å². The number of aromatic carboxylic acids is 1. The monoisotopic (exact) mass is 384 g/mol. The van der Waals surface area contributed by atoms with E-state index in [0.29, 0.717) is 28.2 Å². The number of nitrogens with one attached hydrogen (secondary N) is 1. The largest absolute Gasteiger partial charge is 0.478 e. The Morgan fingerprint density at radius 1 is 1.26 bits per heavy atom. The number of benzene rings is 1. The highest BCUT2D eigenvalue weighted by Crippen LogP contribution is 2.40. The van der Waals surface area contributed by atoms with E-state index in [0.717, 1.165) is 24.2 Å². The minimum absolute atomic E-state index is 0.0138. The first-order valence-electron chi connectivity index (χ1n) is 8.53. The fourth-order valence-corrected chi connectivity index (χ4v) is 3.46. The number of aryl methyl sites for hydroxylation is 2.